The molecule has 0 aliphatic heterocycles. The summed E-state index contributed by atoms with van der Waals surface area (Å²) in [7, 11) is -2.64. The average Bonchev–Trinajstić information content (AvgIpc) is 2.79. The number of halogens is 1. The largest absolute Gasteiger partial charge is 0.465 e. The molecule has 1 N–H and O–H groups in total. The second-order valence-electron chi connectivity index (χ2n) is 6.89. The van der Waals surface area contributed by atoms with Crippen LogP contribution in [0.5, 0.6) is 11.5 Å². The first-order valence-corrected chi connectivity index (χ1v) is 11.9. The number of methoxy groups -OCH3 is 1. The number of anilines is 2. The van der Waals surface area contributed by atoms with E-state index < -0.39 is 28.4 Å². The van der Waals surface area contributed by atoms with Crippen LogP contribution in [0.25, 0.3) is 0 Å². The van der Waals surface area contributed by atoms with E-state index in [-0.39, 0.29) is 27.7 Å². The van der Waals surface area contributed by atoms with Gasteiger partial charge in [-0.25, -0.2) is 13.2 Å². The van der Waals surface area contributed by atoms with Gasteiger partial charge in [-0.1, -0.05) is 41.9 Å². The molecule has 8 nitrogen and oxygen atoms in total. The summed E-state index contributed by atoms with van der Waals surface area (Å²) in [5.41, 5.74) is 0.524. The Morgan fingerprint density at radius 2 is 1.67 bits per heavy atom. The van der Waals surface area contributed by atoms with Gasteiger partial charge in [0.25, 0.3) is 0 Å². The molecule has 3 aromatic rings. The van der Waals surface area contributed by atoms with E-state index in [0.717, 1.165) is 10.6 Å². The molecule has 0 aliphatic carbocycles. The Balaban J connectivity index is 1.86. The van der Waals surface area contributed by atoms with E-state index in [2.05, 4.69) is 10.1 Å². The molecule has 3 aromatic carbocycles. The number of ether oxygens (including phenoxy) is 2. The van der Waals surface area contributed by atoms with Crippen molar-refractivity contribution in [2.24, 2.45) is 0 Å². The van der Waals surface area contributed by atoms with Crippen LogP contribution in [-0.4, -0.2) is 40.2 Å². The molecule has 1 amide bonds. The second kappa shape index (κ2) is 10.4. The predicted octanol–water partition coefficient (Wildman–Crippen LogP) is 4.32. The molecule has 0 fully saturated rings. The van der Waals surface area contributed by atoms with Gasteiger partial charge < -0.3 is 14.8 Å². The standard InChI is InChI=1S/C23H21ClN2O6S/c1-31-23(28)18-14-16(12-13-19(18)24)25-22(27)15-26(33(2,29)30)20-10-6-7-11-21(20)32-17-8-4-3-5-9-17/h3-14H,15H2,1-2H3,(H,25,27). The third-order valence-corrected chi connectivity index (χ3v) is 5.90. The molecule has 0 bridgehead atoms. The summed E-state index contributed by atoms with van der Waals surface area (Å²) in [6.45, 7) is -0.524. The van der Waals surface area contributed by atoms with Crippen molar-refractivity contribution < 1.29 is 27.5 Å². The zero-order chi connectivity index (χ0) is 24.0. The molecule has 0 saturated carbocycles. The number of para-hydroxylation sites is 3. The third-order valence-electron chi connectivity index (χ3n) is 4.45. The van der Waals surface area contributed by atoms with Crippen molar-refractivity contribution in [3.8, 4) is 11.5 Å². The molecule has 3 rings (SSSR count). The fourth-order valence-corrected chi connectivity index (χ4v) is 4.00. The number of carbonyl (C=O) groups is 2. The summed E-state index contributed by atoms with van der Waals surface area (Å²) in [5.74, 6) is -0.519. The molecule has 0 heterocycles. The van der Waals surface area contributed by atoms with Crippen LogP contribution >= 0.6 is 11.6 Å². The highest BCUT2D eigenvalue weighted by atomic mass is 35.5. The van der Waals surface area contributed by atoms with Gasteiger partial charge in [0.15, 0.2) is 5.75 Å². The maximum Gasteiger partial charge on any atom is 0.339 e. The normalized spacial score (nSPS) is 10.9. The molecular formula is C23H21ClN2O6S. The Hall–Kier alpha value is -3.56. The van der Waals surface area contributed by atoms with E-state index in [1.807, 2.05) is 6.07 Å². The van der Waals surface area contributed by atoms with Crippen molar-refractivity contribution >= 4 is 44.9 Å². The lowest BCUT2D eigenvalue weighted by Gasteiger charge is -2.24. The van der Waals surface area contributed by atoms with Gasteiger partial charge in [-0.2, -0.15) is 0 Å². The summed E-state index contributed by atoms with van der Waals surface area (Å²) in [5, 5.41) is 2.73. The lowest BCUT2D eigenvalue weighted by molar-refractivity contribution is -0.114. The molecule has 0 spiro atoms. The Bertz CT molecular complexity index is 1260. The summed E-state index contributed by atoms with van der Waals surface area (Å²) < 4.78 is 36.6. The van der Waals surface area contributed by atoms with Crippen LogP contribution in [0.2, 0.25) is 5.02 Å². The lowest BCUT2D eigenvalue weighted by Crippen LogP contribution is -2.37. The van der Waals surface area contributed by atoms with Crippen LogP contribution in [0.4, 0.5) is 11.4 Å². The van der Waals surface area contributed by atoms with Crippen LogP contribution in [0, 0.1) is 0 Å². The van der Waals surface area contributed by atoms with Crippen molar-refractivity contribution in [3.05, 3.63) is 83.4 Å². The van der Waals surface area contributed by atoms with Crippen molar-refractivity contribution in [1.29, 1.82) is 0 Å². The fraction of sp³-hybridized carbons (Fsp3) is 0.130. The number of nitrogens with zero attached hydrogens (tertiary/aromatic N) is 1. The zero-order valence-electron chi connectivity index (χ0n) is 17.8. The maximum absolute atomic E-state index is 12.7. The highest BCUT2D eigenvalue weighted by Gasteiger charge is 2.24. The minimum atomic E-state index is -3.86. The zero-order valence-corrected chi connectivity index (χ0v) is 19.4. The number of sulfonamides is 1. The summed E-state index contributed by atoms with van der Waals surface area (Å²) in [6.07, 6.45) is 0.997. The number of amides is 1. The first-order valence-electron chi connectivity index (χ1n) is 9.66. The number of carbonyl (C=O) groups excluding carboxylic acids is 2. The van der Waals surface area contributed by atoms with Gasteiger partial charge in [0.2, 0.25) is 15.9 Å². The van der Waals surface area contributed by atoms with E-state index in [1.54, 1.807) is 48.5 Å². The van der Waals surface area contributed by atoms with E-state index in [4.69, 9.17) is 16.3 Å². The summed E-state index contributed by atoms with van der Waals surface area (Å²) >= 11 is 6.00. The van der Waals surface area contributed by atoms with Crippen molar-refractivity contribution in [1.82, 2.24) is 0 Å². The molecule has 0 aliphatic rings. The summed E-state index contributed by atoms with van der Waals surface area (Å²) in [6, 6.07) is 19.6. The molecule has 172 valence electrons. The van der Waals surface area contributed by atoms with E-state index in [0.29, 0.717) is 5.75 Å². The van der Waals surface area contributed by atoms with Gasteiger partial charge in [-0.15, -0.1) is 0 Å². The third kappa shape index (κ3) is 6.24. The Labute approximate surface area is 196 Å². The molecular weight excluding hydrogens is 468 g/mol. The smallest absolute Gasteiger partial charge is 0.339 e. The van der Waals surface area contributed by atoms with E-state index in [9.17, 15) is 18.0 Å². The number of benzene rings is 3. The highest BCUT2D eigenvalue weighted by molar-refractivity contribution is 7.92. The Morgan fingerprint density at radius 3 is 2.33 bits per heavy atom. The molecule has 0 aromatic heterocycles. The van der Waals surface area contributed by atoms with Gasteiger partial charge in [0.1, 0.15) is 12.3 Å². The minimum Gasteiger partial charge on any atom is -0.465 e. The van der Waals surface area contributed by atoms with Gasteiger partial charge in [-0.3, -0.25) is 9.10 Å². The quantitative estimate of drug-likeness (QED) is 0.474. The molecule has 10 heteroatoms. The molecule has 33 heavy (non-hydrogen) atoms. The van der Waals surface area contributed by atoms with Gasteiger partial charge in [-0.05, 0) is 42.5 Å². The van der Waals surface area contributed by atoms with Crippen molar-refractivity contribution in [2.45, 2.75) is 0 Å². The number of nitrogens with one attached hydrogen (secondary N) is 1. The van der Waals surface area contributed by atoms with E-state index in [1.165, 1.54) is 25.3 Å². The summed E-state index contributed by atoms with van der Waals surface area (Å²) in [4.78, 5) is 24.6. The second-order valence-corrected chi connectivity index (χ2v) is 9.20. The maximum atomic E-state index is 12.7. The highest BCUT2D eigenvalue weighted by Crippen LogP contribution is 2.33. The van der Waals surface area contributed by atoms with Gasteiger partial charge in [0, 0.05) is 5.69 Å². The number of esters is 1. The Morgan fingerprint density at radius 1 is 1.00 bits per heavy atom. The van der Waals surface area contributed by atoms with Gasteiger partial charge in [0.05, 0.1) is 29.6 Å². The SMILES string of the molecule is COC(=O)c1cc(NC(=O)CN(c2ccccc2Oc2ccccc2)S(C)(=O)=O)ccc1Cl. The Kier molecular flexibility index (Phi) is 7.57. The average molecular weight is 489 g/mol. The molecule has 0 atom stereocenters. The van der Waals surface area contributed by atoms with Gasteiger partial charge >= 0.3 is 5.97 Å². The lowest BCUT2D eigenvalue weighted by atomic mass is 10.2. The first kappa shape index (κ1) is 24.1. The fourth-order valence-electron chi connectivity index (χ4n) is 2.95. The molecule has 0 radical (unpaired) electrons. The molecule has 0 saturated heterocycles. The van der Waals surface area contributed by atoms with Crippen molar-refractivity contribution in [3.63, 3.8) is 0 Å². The predicted molar refractivity (Wildman–Crippen MR) is 127 cm³/mol. The van der Waals surface area contributed by atoms with Crippen LogP contribution in [0.15, 0.2) is 72.8 Å². The number of hydrogen-bond acceptors (Lipinski definition) is 6. The van der Waals surface area contributed by atoms with Crippen LogP contribution in [0.3, 0.4) is 0 Å². The number of rotatable bonds is 8. The van der Waals surface area contributed by atoms with Crippen LogP contribution in [0.1, 0.15) is 10.4 Å². The topological polar surface area (TPSA) is 102 Å². The van der Waals surface area contributed by atoms with Crippen molar-refractivity contribution in [2.75, 3.05) is 29.5 Å². The van der Waals surface area contributed by atoms with Crippen LogP contribution in [-0.2, 0) is 19.6 Å². The first-order chi connectivity index (χ1) is 15.7. The van der Waals surface area contributed by atoms with Crippen LogP contribution < -0.4 is 14.4 Å². The monoisotopic (exact) mass is 488 g/mol. The molecule has 0 unspecified atom stereocenters. The number of hydrogen-bond donors (Lipinski definition) is 1. The minimum absolute atomic E-state index is 0.0681. The van der Waals surface area contributed by atoms with E-state index >= 15 is 0 Å².